The number of carbonyl (C=O) groups is 2. The van der Waals surface area contributed by atoms with Gasteiger partial charge in [0.1, 0.15) is 0 Å². The van der Waals surface area contributed by atoms with Gasteiger partial charge in [-0.2, -0.15) is 0 Å². The van der Waals surface area contributed by atoms with E-state index in [9.17, 15) is 19.8 Å². The Bertz CT molecular complexity index is 784. The maximum Gasteiger partial charge on any atom is 0.303 e. The van der Waals surface area contributed by atoms with Gasteiger partial charge in [-0.15, -0.1) is 6.58 Å². The molecule has 0 aliphatic heterocycles. The van der Waals surface area contributed by atoms with E-state index in [4.69, 9.17) is 0 Å². The maximum absolute atomic E-state index is 12.0. The lowest BCUT2D eigenvalue weighted by Crippen LogP contribution is -2.58. The number of fused-ring (bicyclic) bond motifs is 7. The number of carboxylic acid groups (broad SMARTS) is 1. The third-order valence-corrected chi connectivity index (χ3v) is 9.91. The molecule has 4 heteroatoms. The third kappa shape index (κ3) is 2.54. The molecule has 4 saturated carbocycles. The Hall–Kier alpha value is -1.42. The van der Waals surface area contributed by atoms with Gasteiger partial charge in [-0.05, 0) is 92.4 Å². The summed E-state index contributed by atoms with van der Waals surface area (Å²) in [7, 11) is 0. The van der Waals surface area contributed by atoms with Gasteiger partial charge in [0, 0.05) is 18.3 Å². The SMILES string of the molecule is C=C[C@@H]1CC2=CC(=O)CC[C@@H]2[C@H]2CC[C@@]3(CC)[C@@H]([C@H]4C[C@H]4[C@@]3(O)CCC(=O)O)[C@@H]21. The summed E-state index contributed by atoms with van der Waals surface area (Å²) >= 11 is 0. The van der Waals surface area contributed by atoms with Crippen LogP contribution in [0.4, 0.5) is 0 Å². The quantitative estimate of drug-likeness (QED) is 0.674. The molecule has 4 nitrogen and oxygen atoms in total. The van der Waals surface area contributed by atoms with E-state index < -0.39 is 11.6 Å². The molecule has 5 aliphatic carbocycles. The molecule has 0 spiro atoms. The molecule has 4 fully saturated rings. The lowest BCUT2D eigenvalue weighted by molar-refractivity contribution is -0.165. The van der Waals surface area contributed by atoms with Crippen molar-refractivity contribution in [1.82, 2.24) is 0 Å². The molecular formula is C25H34O4. The minimum Gasteiger partial charge on any atom is -0.481 e. The minimum absolute atomic E-state index is 0.0603. The van der Waals surface area contributed by atoms with Crippen molar-refractivity contribution in [3.8, 4) is 0 Å². The van der Waals surface area contributed by atoms with Gasteiger partial charge in [-0.25, -0.2) is 0 Å². The number of hydrogen-bond donors (Lipinski definition) is 2. The van der Waals surface area contributed by atoms with E-state index in [-0.39, 0.29) is 23.5 Å². The topological polar surface area (TPSA) is 74.6 Å². The molecule has 0 bridgehead atoms. The molecule has 0 aromatic carbocycles. The van der Waals surface area contributed by atoms with Crippen molar-refractivity contribution >= 4 is 11.8 Å². The molecule has 9 atom stereocenters. The number of ketones is 1. The second-order valence-electron chi connectivity index (χ2n) is 10.6. The van der Waals surface area contributed by atoms with Gasteiger partial charge >= 0.3 is 5.97 Å². The van der Waals surface area contributed by atoms with Gasteiger partial charge in [0.05, 0.1) is 5.60 Å². The van der Waals surface area contributed by atoms with E-state index in [0.29, 0.717) is 48.3 Å². The smallest absolute Gasteiger partial charge is 0.303 e. The van der Waals surface area contributed by atoms with Crippen LogP contribution in [0.5, 0.6) is 0 Å². The van der Waals surface area contributed by atoms with Crippen LogP contribution in [0, 0.1) is 46.8 Å². The number of rotatable bonds is 5. The molecule has 0 aromatic heterocycles. The zero-order valence-corrected chi connectivity index (χ0v) is 17.5. The summed E-state index contributed by atoms with van der Waals surface area (Å²) in [6, 6.07) is 0. The van der Waals surface area contributed by atoms with Crippen LogP contribution in [0.1, 0.15) is 64.7 Å². The highest BCUT2D eigenvalue weighted by Crippen LogP contribution is 2.78. The fourth-order valence-corrected chi connectivity index (χ4v) is 8.87. The second kappa shape index (κ2) is 6.54. The molecule has 158 valence electrons. The van der Waals surface area contributed by atoms with Gasteiger partial charge in [0.25, 0.3) is 0 Å². The molecule has 0 radical (unpaired) electrons. The predicted molar refractivity (Wildman–Crippen MR) is 110 cm³/mol. The molecule has 5 rings (SSSR count). The monoisotopic (exact) mass is 398 g/mol. The minimum atomic E-state index is -0.829. The van der Waals surface area contributed by atoms with Crippen LogP contribution in [0.25, 0.3) is 0 Å². The van der Waals surface area contributed by atoms with Crippen LogP contribution in [-0.4, -0.2) is 27.6 Å². The Labute approximate surface area is 173 Å². The summed E-state index contributed by atoms with van der Waals surface area (Å²) in [5.41, 5.74) is 0.373. The van der Waals surface area contributed by atoms with E-state index in [1.54, 1.807) is 0 Å². The first-order valence-corrected chi connectivity index (χ1v) is 11.7. The summed E-state index contributed by atoms with van der Waals surface area (Å²) in [6.45, 7) is 6.39. The Morgan fingerprint density at radius 3 is 2.83 bits per heavy atom. The van der Waals surface area contributed by atoms with Crippen molar-refractivity contribution in [2.75, 3.05) is 0 Å². The number of carbonyl (C=O) groups excluding carboxylic acids is 1. The molecule has 29 heavy (non-hydrogen) atoms. The third-order valence-electron chi connectivity index (χ3n) is 9.91. The van der Waals surface area contributed by atoms with Crippen molar-refractivity contribution in [2.24, 2.45) is 46.8 Å². The van der Waals surface area contributed by atoms with Crippen molar-refractivity contribution in [1.29, 1.82) is 0 Å². The van der Waals surface area contributed by atoms with Crippen LogP contribution < -0.4 is 0 Å². The summed E-state index contributed by atoms with van der Waals surface area (Å²) in [5, 5.41) is 21.3. The summed E-state index contributed by atoms with van der Waals surface area (Å²) in [4.78, 5) is 23.4. The highest BCUT2D eigenvalue weighted by molar-refractivity contribution is 5.91. The zero-order valence-electron chi connectivity index (χ0n) is 17.5. The summed E-state index contributed by atoms with van der Waals surface area (Å²) < 4.78 is 0. The van der Waals surface area contributed by atoms with Gasteiger partial charge in [-0.1, -0.05) is 18.6 Å². The van der Waals surface area contributed by atoms with Crippen molar-refractivity contribution < 1.29 is 19.8 Å². The fraction of sp³-hybridized carbons (Fsp3) is 0.760. The normalized spacial score (nSPS) is 49.9. The molecule has 0 aromatic rings. The van der Waals surface area contributed by atoms with Crippen LogP contribution in [-0.2, 0) is 9.59 Å². The van der Waals surface area contributed by atoms with Crippen LogP contribution in [0.15, 0.2) is 24.3 Å². The van der Waals surface area contributed by atoms with Gasteiger partial charge in [0.2, 0.25) is 0 Å². The molecule has 5 aliphatic rings. The Balaban J connectivity index is 1.53. The van der Waals surface area contributed by atoms with E-state index in [1.807, 2.05) is 6.08 Å². The van der Waals surface area contributed by atoms with Gasteiger partial charge in [-0.3, -0.25) is 9.59 Å². The average molecular weight is 399 g/mol. The standard InChI is InChI=1S/C25H34O4/c1-3-14-11-15-12-16(26)5-6-17(15)18-7-9-24(4-2)23(22(14)18)19-13-20(19)25(24,29)10-8-21(27)28/h3,12,14,17-20,22-23,29H,1,4-11,13H2,2H3,(H,27,28)/t14-,17+,18-,19+,20-,22-,23+,24+,25+/m1/s1. The maximum atomic E-state index is 12.0. The number of allylic oxidation sites excluding steroid dienone is 2. The molecule has 0 amide bonds. The van der Waals surface area contributed by atoms with E-state index in [2.05, 4.69) is 19.6 Å². The fourth-order valence-electron chi connectivity index (χ4n) is 8.87. The predicted octanol–water partition coefficient (Wildman–Crippen LogP) is 4.38. The molecule has 0 unspecified atom stereocenters. The van der Waals surface area contributed by atoms with E-state index >= 15 is 0 Å². The van der Waals surface area contributed by atoms with Crippen LogP contribution in [0.2, 0.25) is 0 Å². The molecule has 2 N–H and O–H groups in total. The van der Waals surface area contributed by atoms with Crippen LogP contribution >= 0.6 is 0 Å². The first-order chi connectivity index (χ1) is 13.9. The van der Waals surface area contributed by atoms with Gasteiger partial charge in [0.15, 0.2) is 5.78 Å². The first kappa shape index (κ1) is 19.5. The number of aliphatic hydroxyl groups is 1. The van der Waals surface area contributed by atoms with Crippen molar-refractivity contribution in [3.05, 3.63) is 24.3 Å². The summed E-state index contributed by atoms with van der Waals surface area (Å²) in [5.74, 6) is 2.76. The van der Waals surface area contributed by atoms with Gasteiger partial charge < -0.3 is 10.2 Å². The van der Waals surface area contributed by atoms with Crippen molar-refractivity contribution in [3.63, 3.8) is 0 Å². The highest BCUT2D eigenvalue weighted by Gasteiger charge is 2.76. The molecule has 0 saturated heterocycles. The Morgan fingerprint density at radius 1 is 1.34 bits per heavy atom. The Kier molecular flexibility index (Phi) is 4.40. The number of hydrogen-bond acceptors (Lipinski definition) is 3. The van der Waals surface area contributed by atoms with Crippen molar-refractivity contribution in [2.45, 2.75) is 70.3 Å². The highest BCUT2D eigenvalue weighted by atomic mass is 16.4. The first-order valence-electron chi connectivity index (χ1n) is 11.7. The number of carboxylic acids is 1. The molecular weight excluding hydrogens is 364 g/mol. The number of aliphatic carboxylic acids is 1. The van der Waals surface area contributed by atoms with Crippen LogP contribution in [0.3, 0.4) is 0 Å². The Morgan fingerprint density at radius 2 is 2.14 bits per heavy atom. The van der Waals surface area contributed by atoms with E-state index in [0.717, 1.165) is 38.5 Å². The average Bonchev–Trinajstić information content (AvgIpc) is 3.47. The molecule has 0 heterocycles. The second-order valence-corrected chi connectivity index (χ2v) is 10.6. The summed E-state index contributed by atoms with van der Waals surface area (Å²) in [6.07, 6.45) is 11.2. The lowest BCUT2D eigenvalue weighted by Gasteiger charge is -2.60. The van der Waals surface area contributed by atoms with E-state index in [1.165, 1.54) is 5.57 Å². The lowest BCUT2D eigenvalue weighted by atomic mass is 9.45. The largest absolute Gasteiger partial charge is 0.481 e. The zero-order chi connectivity index (χ0) is 20.6.